The van der Waals surface area contributed by atoms with Crippen LogP contribution in [0.3, 0.4) is 0 Å². The number of carbonyl (C=O) groups excluding carboxylic acids is 1. The molecule has 0 saturated heterocycles. The Bertz CT molecular complexity index is 615. The normalized spacial score (nSPS) is 19.4. The summed E-state index contributed by atoms with van der Waals surface area (Å²) in [5.41, 5.74) is 4.12. The topological polar surface area (TPSA) is 46.5 Å². The molecule has 2 rings (SSSR count). The minimum absolute atomic E-state index is 0.146. The Morgan fingerprint density at radius 2 is 1.77 bits per heavy atom. The number of rotatable bonds is 3. The van der Waals surface area contributed by atoms with E-state index in [0.29, 0.717) is 12.0 Å². The van der Waals surface area contributed by atoms with Gasteiger partial charge in [0.25, 0.3) is 0 Å². The standard InChI is InChI=1S/C19H26O3/c1-7-19(5,6)15-10-14(20)17(18(21)22-15)16-12(3)8-11(2)9-13(16)4/h8-9,15,20H,7,10H2,1-6H3. The highest BCUT2D eigenvalue weighted by molar-refractivity contribution is 6.18. The quantitative estimate of drug-likeness (QED) is 0.828. The number of cyclic esters (lactones) is 1. The second-order valence-corrected chi connectivity index (χ2v) is 7.04. The first-order chi connectivity index (χ1) is 10.2. The van der Waals surface area contributed by atoms with Gasteiger partial charge in [-0.25, -0.2) is 4.79 Å². The van der Waals surface area contributed by atoms with Gasteiger partial charge in [-0.1, -0.05) is 38.5 Å². The fourth-order valence-electron chi connectivity index (χ4n) is 3.11. The summed E-state index contributed by atoms with van der Waals surface area (Å²) in [6, 6.07) is 4.05. The molecule has 1 aliphatic rings. The Hall–Kier alpha value is -1.77. The van der Waals surface area contributed by atoms with Crippen LogP contribution < -0.4 is 0 Å². The summed E-state index contributed by atoms with van der Waals surface area (Å²) in [6.07, 6.45) is 0.991. The first kappa shape index (κ1) is 16.6. The minimum atomic E-state index is -0.412. The zero-order chi connectivity index (χ0) is 16.7. The average molecular weight is 302 g/mol. The lowest BCUT2D eigenvalue weighted by atomic mass is 9.79. The number of aliphatic hydroxyl groups excluding tert-OH is 1. The Morgan fingerprint density at radius 1 is 1.23 bits per heavy atom. The third-order valence-electron chi connectivity index (χ3n) is 4.83. The van der Waals surface area contributed by atoms with Gasteiger partial charge in [-0.15, -0.1) is 0 Å². The molecule has 1 atom stereocenters. The maximum absolute atomic E-state index is 12.5. The Kier molecular flexibility index (Phi) is 4.37. The van der Waals surface area contributed by atoms with Crippen LogP contribution in [-0.4, -0.2) is 17.2 Å². The van der Waals surface area contributed by atoms with Crippen molar-refractivity contribution in [1.82, 2.24) is 0 Å². The lowest BCUT2D eigenvalue weighted by Gasteiger charge is -2.36. The average Bonchev–Trinajstić information content (AvgIpc) is 2.40. The van der Waals surface area contributed by atoms with Gasteiger partial charge >= 0.3 is 5.97 Å². The molecule has 0 fully saturated rings. The van der Waals surface area contributed by atoms with E-state index in [1.807, 2.05) is 32.9 Å². The van der Waals surface area contributed by atoms with Crippen molar-refractivity contribution in [2.24, 2.45) is 5.41 Å². The molecule has 0 aliphatic carbocycles. The highest BCUT2D eigenvalue weighted by atomic mass is 16.5. The van der Waals surface area contributed by atoms with E-state index in [1.54, 1.807) is 0 Å². The number of aliphatic hydroxyl groups is 1. The molecular formula is C19H26O3. The fraction of sp³-hybridized carbons (Fsp3) is 0.526. The maximum atomic E-state index is 12.5. The summed E-state index contributed by atoms with van der Waals surface area (Å²) in [6.45, 7) is 12.1. The van der Waals surface area contributed by atoms with Crippen molar-refractivity contribution in [3.63, 3.8) is 0 Å². The smallest absolute Gasteiger partial charge is 0.342 e. The molecule has 3 nitrogen and oxygen atoms in total. The molecular weight excluding hydrogens is 276 g/mol. The molecule has 0 spiro atoms. The third-order valence-corrected chi connectivity index (χ3v) is 4.83. The molecule has 1 heterocycles. The number of hydrogen-bond donors (Lipinski definition) is 1. The molecule has 1 unspecified atom stereocenters. The van der Waals surface area contributed by atoms with Gasteiger partial charge in [0.2, 0.25) is 0 Å². The van der Waals surface area contributed by atoms with Crippen LogP contribution in [0, 0.1) is 26.2 Å². The van der Waals surface area contributed by atoms with Crippen molar-refractivity contribution in [2.45, 2.75) is 60.5 Å². The van der Waals surface area contributed by atoms with E-state index in [-0.39, 0.29) is 17.3 Å². The van der Waals surface area contributed by atoms with Crippen LogP contribution >= 0.6 is 0 Å². The van der Waals surface area contributed by atoms with Crippen LogP contribution in [0.5, 0.6) is 0 Å². The monoisotopic (exact) mass is 302 g/mol. The molecule has 0 bridgehead atoms. The van der Waals surface area contributed by atoms with Crippen molar-refractivity contribution in [2.75, 3.05) is 0 Å². The van der Waals surface area contributed by atoms with E-state index in [0.717, 1.165) is 28.7 Å². The zero-order valence-electron chi connectivity index (χ0n) is 14.4. The highest BCUT2D eigenvalue weighted by Crippen LogP contribution is 2.39. The van der Waals surface area contributed by atoms with Crippen LogP contribution in [0.15, 0.2) is 17.9 Å². The molecule has 1 aromatic rings. The minimum Gasteiger partial charge on any atom is -0.511 e. The fourth-order valence-corrected chi connectivity index (χ4v) is 3.11. The number of hydrogen-bond acceptors (Lipinski definition) is 3. The summed E-state index contributed by atoms with van der Waals surface area (Å²) < 4.78 is 5.66. The largest absolute Gasteiger partial charge is 0.511 e. The second kappa shape index (κ2) is 5.79. The first-order valence-electron chi connectivity index (χ1n) is 7.88. The van der Waals surface area contributed by atoms with Crippen molar-refractivity contribution in [1.29, 1.82) is 0 Å². The lowest BCUT2D eigenvalue weighted by Crippen LogP contribution is -2.37. The van der Waals surface area contributed by atoms with E-state index in [2.05, 4.69) is 20.8 Å². The summed E-state index contributed by atoms with van der Waals surface area (Å²) >= 11 is 0. The summed E-state index contributed by atoms with van der Waals surface area (Å²) in [5, 5.41) is 10.5. The maximum Gasteiger partial charge on any atom is 0.342 e. The predicted octanol–water partition coefficient (Wildman–Crippen LogP) is 4.63. The highest BCUT2D eigenvalue weighted by Gasteiger charge is 2.38. The van der Waals surface area contributed by atoms with Crippen LogP contribution in [0.1, 0.15) is 55.9 Å². The van der Waals surface area contributed by atoms with Gasteiger partial charge < -0.3 is 9.84 Å². The number of carbonyl (C=O) groups is 1. The number of aryl methyl sites for hydroxylation is 3. The van der Waals surface area contributed by atoms with Gasteiger partial charge in [0, 0.05) is 11.8 Å². The van der Waals surface area contributed by atoms with E-state index in [1.165, 1.54) is 0 Å². The predicted molar refractivity (Wildman–Crippen MR) is 88.8 cm³/mol. The second-order valence-electron chi connectivity index (χ2n) is 7.04. The molecule has 0 saturated carbocycles. The van der Waals surface area contributed by atoms with Crippen molar-refractivity contribution in [3.8, 4) is 0 Å². The van der Waals surface area contributed by atoms with Gasteiger partial charge in [-0.2, -0.15) is 0 Å². The number of benzene rings is 1. The van der Waals surface area contributed by atoms with Gasteiger partial charge in [0.1, 0.15) is 17.4 Å². The lowest BCUT2D eigenvalue weighted by molar-refractivity contribution is -0.150. The summed E-state index contributed by atoms with van der Waals surface area (Å²) in [5.74, 6) is -0.261. The zero-order valence-corrected chi connectivity index (χ0v) is 14.4. The van der Waals surface area contributed by atoms with E-state index >= 15 is 0 Å². The van der Waals surface area contributed by atoms with Crippen molar-refractivity contribution in [3.05, 3.63) is 40.1 Å². The first-order valence-corrected chi connectivity index (χ1v) is 7.88. The third kappa shape index (κ3) is 2.90. The molecule has 1 N–H and O–H groups in total. The summed E-state index contributed by atoms with van der Waals surface area (Å²) in [4.78, 5) is 12.5. The number of esters is 1. The Morgan fingerprint density at radius 3 is 2.23 bits per heavy atom. The van der Waals surface area contributed by atoms with Crippen molar-refractivity contribution >= 4 is 11.5 Å². The van der Waals surface area contributed by atoms with Gasteiger partial charge in [0.05, 0.1) is 0 Å². The van der Waals surface area contributed by atoms with Gasteiger partial charge in [-0.05, 0) is 43.9 Å². The van der Waals surface area contributed by atoms with Crippen LogP contribution in [0.2, 0.25) is 0 Å². The SMILES string of the molecule is CCC(C)(C)C1CC(O)=C(c2c(C)cc(C)cc2C)C(=O)O1. The van der Waals surface area contributed by atoms with Gasteiger partial charge in [0.15, 0.2) is 0 Å². The van der Waals surface area contributed by atoms with E-state index in [4.69, 9.17) is 4.74 Å². The van der Waals surface area contributed by atoms with Gasteiger partial charge in [-0.3, -0.25) is 0 Å². The van der Waals surface area contributed by atoms with Crippen molar-refractivity contribution < 1.29 is 14.6 Å². The molecule has 22 heavy (non-hydrogen) atoms. The van der Waals surface area contributed by atoms with E-state index < -0.39 is 5.97 Å². The Labute approximate surface area is 133 Å². The number of ether oxygens (including phenoxy) is 1. The van der Waals surface area contributed by atoms with Crippen LogP contribution in [0.4, 0.5) is 0 Å². The van der Waals surface area contributed by atoms with Crippen LogP contribution in [-0.2, 0) is 9.53 Å². The van der Waals surface area contributed by atoms with Crippen LogP contribution in [0.25, 0.3) is 5.57 Å². The molecule has 0 aromatic heterocycles. The molecule has 3 heteroatoms. The molecule has 1 aromatic carbocycles. The Balaban J connectivity index is 2.49. The summed E-state index contributed by atoms with van der Waals surface area (Å²) in [7, 11) is 0. The molecule has 0 amide bonds. The molecule has 0 radical (unpaired) electrons. The molecule has 120 valence electrons. The van der Waals surface area contributed by atoms with E-state index in [9.17, 15) is 9.90 Å². The molecule has 1 aliphatic heterocycles.